The average Bonchev–Trinajstić information content (AvgIpc) is 3.15. The van der Waals surface area contributed by atoms with E-state index in [9.17, 15) is 14.0 Å². The standard InChI is InChI=1S/C20H19FN4O3/c1-25(2)20(27)14-4-3-5-16(12-14)22-17(26)10-11-18-23-19(24-28-18)13-6-8-15(21)9-7-13/h3-9,12H,10-11H2,1-2H3,(H,22,26). The molecule has 0 unspecified atom stereocenters. The molecule has 1 N–H and O–H groups in total. The van der Waals surface area contributed by atoms with Crippen LogP contribution in [0.1, 0.15) is 22.7 Å². The molecule has 2 amide bonds. The minimum atomic E-state index is -0.347. The second-order valence-corrected chi connectivity index (χ2v) is 6.35. The summed E-state index contributed by atoms with van der Waals surface area (Å²) in [5.41, 5.74) is 1.65. The van der Waals surface area contributed by atoms with Crippen molar-refractivity contribution in [3.05, 3.63) is 65.8 Å². The number of anilines is 1. The summed E-state index contributed by atoms with van der Waals surface area (Å²) >= 11 is 0. The lowest BCUT2D eigenvalue weighted by molar-refractivity contribution is -0.116. The third-order valence-corrected chi connectivity index (χ3v) is 3.94. The molecule has 1 heterocycles. The summed E-state index contributed by atoms with van der Waals surface area (Å²) in [6.45, 7) is 0. The molecule has 0 aliphatic rings. The van der Waals surface area contributed by atoms with Gasteiger partial charge in [0.25, 0.3) is 5.91 Å². The van der Waals surface area contributed by atoms with Crippen LogP contribution in [0.5, 0.6) is 0 Å². The quantitative estimate of drug-likeness (QED) is 0.708. The van der Waals surface area contributed by atoms with E-state index in [4.69, 9.17) is 4.52 Å². The SMILES string of the molecule is CN(C)C(=O)c1cccc(NC(=O)CCc2nc(-c3ccc(F)cc3)no2)c1. The molecule has 0 fully saturated rings. The van der Waals surface area contributed by atoms with E-state index in [1.165, 1.54) is 17.0 Å². The van der Waals surface area contributed by atoms with Crippen molar-refractivity contribution in [2.45, 2.75) is 12.8 Å². The number of hydrogen-bond acceptors (Lipinski definition) is 5. The van der Waals surface area contributed by atoms with Crippen LogP contribution in [0.15, 0.2) is 53.1 Å². The topological polar surface area (TPSA) is 88.3 Å². The zero-order valence-electron chi connectivity index (χ0n) is 15.5. The van der Waals surface area contributed by atoms with E-state index >= 15 is 0 Å². The van der Waals surface area contributed by atoms with Gasteiger partial charge in [-0.25, -0.2) is 4.39 Å². The van der Waals surface area contributed by atoms with E-state index in [1.54, 1.807) is 50.5 Å². The molecule has 0 saturated carbocycles. The second-order valence-electron chi connectivity index (χ2n) is 6.35. The summed E-state index contributed by atoms with van der Waals surface area (Å²) in [6.07, 6.45) is 0.396. The Morgan fingerprint density at radius 1 is 1.14 bits per heavy atom. The maximum Gasteiger partial charge on any atom is 0.253 e. The first kappa shape index (κ1) is 19.2. The molecule has 2 aromatic carbocycles. The monoisotopic (exact) mass is 382 g/mol. The molecular weight excluding hydrogens is 363 g/mol. The van der Waals surface area contributed by atoms with Gasteiger partial charge in [0.15, 0.2) is 0 Å². The van der Waals surface area contributed by atoms with Gasteiger partial charge < -0.3 is 14.7 Å². The molecule has 7 nitrogen and oxygen atoms in total. The molecule has 0 aliphatic carbocycles. The van der Waals surface area contributed by atoms with Crippen molar-refractivity contribution in [1.82, 2.24) is 15.0 Å². The van der Waals surface area contributed by atoms with Crippen LogP contribution in [-0.4, -0.2) is 41.0 Å². The number of amides is 2. The van der Waals surface area contributed by atoms with Crippen molar-refractivity contribution in [3.8, 4) is 11.4 Å². The van der Waals surface area contributed by atoms with Crippen LogP contribution in [0, 0.1) is 5.82 Å². The smallest absolute Gasteiger partial charge is 0.253 e. The highest BCUT2D eigenvalue weighted by Crippen LogP contribution is 2.17. The van der Waals surface area contributed by atoms with Gasteiger partial charge in [0.2, 0.25) is 17.6 Å². The zero-order valence-corrected chi connectivity index (χ0v) is 15.5. The molecule has 8 heteroatoms. The second kappa shape index (κ2) is 8.43. The summed E-state index contributed by atoms with van der Waals surface area (Å²) in [7, 11) is 3.33. The van der Waals surface area contributed by atoms with Crippen molar-refractivity contribution in [3.63, 3.8) is 0 Å². The lowest BCUT2D eigenvalue weighted by Crippen LogP contribution is -2.22. The van der Waals surface area contributed by atoms with E-state index < -0.39 is 0 Å². The van der Waals surface area contributed by atoms with Crippen LogP contribution < -0.4 is 5.32 Å². The Labute approximate surface area is 161 Å². The number of aromatic nitrogens is 2. The largest absolute Gasteiger partial charge is 0.345 e. The van der Waals surface area contributed by atoms with Crippen LogP contribution in [0.3, 0.4) is 0 Å². The lowest BCUT2D eigenvalue weighted by Gasteiger charge is -2.11. The van der Waals surface area contributed by atoms with Gasteiger partial charge in [0.1, 0.15) is 5.82 Å². The molecule has 1 aromatic heterocycles. The summed E-state index contributed by atoms with van der Waals surface area (Å²) < 4.78 is 18.1. The van der Waals surface area contributed by atoms with Gasteiger partial charge in [0.05, 0.1) is 0 Å². The Balaban J connectivity index is 1.57. The summed E-state index contributed by atoms with van der Waals surface area (Å²) in [6, 6.07) is 12.5. The number of rotatable bonds is 6. The molecule has 0 spiro atoms. The van der Waals surface area contributed by atoms with E-state index in [0.717, 1.165) is 0 Å². The van der Waals surface area contributed by atoms with Gasteiger partial charge in [-0.05, 0) is 42.5 Å². The number of halogens is 1. The normalized spacial score (nSPS) is 10.5. The molecule has 0 radical (unpaired) electrons. The predicted molar refractivity (Wildman–Crippen MR) is 101 cm³/mol. The van der Waals surface area contributed by atoms with Crippen molar-refractivity contribution >= 4 is 17.5 Å². The maximum absolute atomic E-state index is 13.0. The van der Waals surface area contributed by atoms with Crippen molar-refractivity contribution in [2.75, 3.05) is 19.4 Å². The van der Waals surface area contributed by atoms with Gasteiger partial charge in [-0.15, -0.1) is 0 Å². The minimum Gasteiger partial charge on any atom is -0.345 e. The lowest BCUT2D eigenvalue weighted by atomic mass is 10.1. The number of nitrogens with one attached hydrogen (secondary N) is 1. The first-order valence-electron chi connectivity index (χ1n) is 8.62. The molecule has 144 valence electrons. The number of carbonyl (C=O) groups is 2. The van der Waals surface area contributed by atoms with Gasteiger partial charge in [0, 0.05) is 43.8 Å². The molecule has 3 rings (SSSR count). The summed E-state index contributed by atoms with van der Waals surface area (Å²) in [4.78, 5) is 29.9. The van der Waals surface area contributed by atoms with Gasteiger partial charge in [-0.3, -0.25) is 9.59 Å². The van der Waals surface area contributed by atoms with Crippen molar-refractivity contribution in [2.24, 2.45) is 0 Å². The molecule has 0 aliphatic heterocycles. The Morgan fingerprint density at radius 3 is 2.61 bits per heavy atom. The molecule has 3 aromatic rings. The highest BCUT2D eigenvalue weighted by molar-refractivity contribution is 5.97. The van der Waals surface area contributed by atoms with E-state index in [1.807, 2.05) is 0 Å². The number of hydrogen-bond donors (Lipinski definition) is 1. The number of carbonyl (C=O) groups excluding carboxylic acids is 2. The summed E-state index contributed by atoms with van der Waals surface area (Å²) in [5, 5.41) is 6.59. The molecule has 0 bridgehead atoms. The Morgan fingerprint density at radius 2 is 1.89 bits per heavy atom. The van der Waals surface area contributed by atoms with E-state index in [2.05, 4.69) is 15.5 Å². The average molecular weight is 382 g/mol. The third kappa shape index (κ3) is 4.79. The number of aryl methyl sites for hydroxylation is 1. The van der Waals surface area contributed by atoms with Crippen LogP contribution in [0.25, 0.3) is 11.4 Å². The zero-order chi connectivity index (χ0) is 20.1. The van der Waals surface area contributed by atoms with Crippen molar-refractivity contribution in [1.29, 1.82) is 0 Å². The fourth-order valence-electron chi connectivity index (χ4n) is 2.50. The Kier molecular flexibility index (Phi) is 5.78. The first-order chi connectivity index (χ1) is 13.4. The fraction of sp³-hybridized carbons (Fsp3) is 0.200. The Bertz CT molecular complexity index is 983. The van der Waals surface area contributed by atoms with Gasteiger partial charge in [-0.2, -0.15) is 4.98 Å². The number of benzene rings is 2. The minimum absolute atomic E-state index is 0.136. The van der Waals surface area contributed by atoms with Gasteiger partial charge >= 0.3 is 0 Å². The summed E-state index contributed by atoms with van der Waals surface area (Å²) in [5.74, 6) is -0.0805. The van der Waals surface area contributed by atoms with E-state index in [0.29, 0.717) is 28.5 Å². The number of nitrogens with zero attached hydrogens (tertiary/aromatic N) is 3. The third-order valence-electron chi connectivity index (χ3n) is 3.94. The first-order valence-corrected chi connectivity index (χ1v) is 8.62. The van der Waals surface area contributed by atoms with Crippen LogP contribution >= 0.6 is 0 Å². The molecule has 28 heavy (non-hydrogen) atoms. The molecule has 0 saturated heterocycles. The molecule has 0 atom stereocenters. The van der Waals surface area contributed by atoms with E-state index in [-0.39, 0.29) is 30.5 Å². The highest BCUT2D eigenvalue weighted by Gasteiger charge is 2.12. The fourth-order valence-corrected chi connectivity index (χ4v) is 2.50. The predicted octanol–water partition coefficient (Wildman–Crippen LogP) is 3.15. The Hall–Kier alpha value is -3.55. The van der Waals surface area contributed by atoms with Crippen molar-refractivity contribution < 1.29 is 18.5 Å². The molecular formula is C20H19FN4O3. The van der Waals surface area contributed by atoms with Crippen LogP contribution in [-0.2, 0) is 11.2 Å². The highest BCUT2D eigenvalue weighted by atomic mass is 19.1. The maximum atomic E-state index is 13.0. The van der Waals surface area contributed by atoms with Gasteiger partial charge in [-0.1, -0.05) is 11.2 Å². The van der Waals surface area contributed by atoms with Crippen LogP contribution in [0.4, 0.5) is 10.1 Å². The van der Waals surface area contributed by atoms with Crippen LogP contribution in [0.2, 0.25) is 0 Å².